The molecule has 3 rings (SSSR count). The van der Waals surface area contributed by atoms with Gasteiger partial charge in [0.25, 0.3) is 0 Å². The molecule has 2 aromatic heterocycles. The van der Waals surface area contributed by atoms with E-state index in [1.54, 1.807) is 24.5 Å². The van der Waals surface area contributed by atoms with Crippen LogP contribution < -0.4 is 4.74 Å². The van der Waals surface area contributed by atoms with Gasteiger partial charge in [0, 0.05) is 28.9 Å². The van der Waals surface area contributed by atoms with Crippen LogP contribution in [0, 0.1) is 11.8 Å². The van der Waals surface area contributed by atoms with E-state index in [-0.39, 0.29) is 22.8 Å². The molecule has 1 aromatic carbocycles. The number of Topliss-reactive ketones (excluding diaryl/α,β-unsaturated/α-hetero) is 1. The predicted octanol–water partition coefficient (Wildman–Crippen LogP) is 9.30. The maximum absolute atomic E-state index is 13.4. The van der Waals surface area contributed by atoms with Crippen molar-refractivity contribution in [3.63, 3.8) is 0 Å². The zero-order chi connectivity index (χ0) is 24.7. The molecule has 0 fully saturated rings. The third-order valence-corrected chi connectivity index (χ3v) is 7.76. The molecule has 0 aliphatic heterocycles. The Hall–Kier alpha value is -1.37. The normalized spacial score (nSPS) is 13.0. The molecule has 0 saturated carbocycles. The van der Waals surface area contributed by atoms with E-state index in [0.29, 0.717) is 37.3 Å². The van der Waals surface area contributed by atoms with Crippen LogP contribution in [0.5, 0.6) is 5.75 Å². The highest BCUT2D eigenvalue weighted by molar-refractivity contribution is 7.17. The maximum atomic E-state index is 13.4. The summed E-state index contributed by atoms with van der Waals surface area (Å²) in [4.78, 5) is 22.5. The summed E-state index contributed by atoms with van der Waals surface area (Å²) in [5.74, 6) is 0.563. The fourth-order valence-corrected chi connectivity index (χ4v) is 5.81. The largest absolute Gasteiger partial charge is 0.490 e. The quantitative estimate of drug-likeness (QED) is 0.207. The Morgan fingerprint density at radius 3 is 2.50 bits per heavy atom. The fraction of sp³-hybridized carbons (Fsp3) is 0.400. The molecule has 0 radical (unpaired) electrons. The highest BCUT2D eigenvalue weighted by Gasteiger charge is 2.26. The van der Waals surface area contributed by atoms with Crippen LogP contribution in [-0.2, 0) is 0 Å². The molecule has 0 bridgehead atoms. The Kier molecular flexibility index (Phi) is 10.5. The van der Waals surface area contributed by atoms with E-state index in [0.717, 1.165) is 37.7 Å². The molecule has 4 nitrogen and oxygen atoms in total. The van der Waals surface area contributed by atoms with Crippen molar-refractivity contribution in [3.05, 3.63) is 61.8 Å². The lowest BCUT2D eigenvalue weighted by atomic mass is 9.89. The number of rotatable bonds is 12. The second kappa shape index (κ2) is 13.1. The van der Waals surface area contributed by atoms with Crippen molar-refractivity contribution in [1.29, 1.82) is 0 Å². The molecule has 2 heterocycles. The van der Waals surface area contributed by atoms with Gasteiger partial charge in [0.15, 0.2) is 16.7 Å². The Morgan fingerprint density at radius 1 is 1.12 bits per heavy atom. The minimum absolute atomic E-state index is 0.0583. The van der Waals surface area contributed by atoms with Crippen LogP contribution in [0.15, 0.2) is 36.7 Å². The van der Waals surface area contributed by atoms with Crippen LogP contribution in [0.1, 0.15) is 55.6 Å². The molecule has 0 spiro atoms. The first-order valence-corrected chi connectivity index (χ1v) is 13.5. The van der Waals surface area contributed by atoms with Gasteiger partial charge in [-0.05, 0) is 49.4 Å². The van der Waals surface area contributed by atoms with Gasteiger partial charge < -0.3 is 4.74 Å². The topological polar surface area (TPSA) is 52.1 Å². The molecule has 0 saturated heterocycles. The summed E-state index contributed by atoms with van der Waals surface area (Å²) in [6.45, 7) is 4.64. The molecule has 0 aliphatic rings. The van der Waals surface area contributed by atoms with Crippen LogP contribution in [0.3, 0.4) is 0 Å². The smallest absolute Gasteiger partial charge is 0.179 e. The molecule has 0 aliphatic carbocycles. The number of pyridine rings is 1. The Balaban J connectivity index is 1.64. The second-order valence-electron chi connectivity index (χ2n) is 8.28. The lowest BCUT2D eigenvalue weighted by molar-refractivity contribution is 0.0900. The standard InChI is InChI=1S/C25H26Cl4N2O2S/c1-3-4-6-16(9-8-15(2)14-33-22-19(27)11-18(26)12-20(22)28)21(32)23-24(29)31-25(34-23)17-7-5-10-30-13-17/h5,7,10-13,15-16H,3-4,6,8-9,14H2,1-2H3. The predicted molar refractivity (Wildman–Crippen MR) is 143 cm³/mol. The summed E-state index contributed by atoms with van der Waals surface area (Å²) in [6.07, 6.45) is 7.78. The van der Waals surface area contributed by atoms with Gasteiger partial charge in [-0.25, -0.2) is 4.98 Å². The first-order valence-electron chi connectivity index (χ1n) is 11.2. The number of nitrogens with zero attached hydrogens (tertiary/aromatic N) is 2. The van der Waals surface area contributed by atoms with Crippen molar-refractivity contribution in [3.8, 4) is 16.3 Å². The van der Waals surface area contributed by atoms with E-state index in [9.17, 15) is 4.79 Å². The van der Waals surface area contributed by atoms with E-state index in [4.69, 9.17) is 51.1 Å². The molecule has 34 heavy (non-hydrogen) atoms. The third kappa shape index (κ3) is 7.32. The van der Waals surface area contributed by atoms with E-state index in [2.05, 4.69) is 23.8 Å². The number of halogens is 4. The number of carbonyl (C=O) groups is 1. The number of benzene rings is 1. The molecule has 0 amide bonds. The molecule has 9 heteroatoms. The highest BCUT2D eigenvalue weighted by atomic mass is 35.5. The van der Waals surface area contributed by atoms with Gasteiger partial charge in [-0.3, -0.25) is 9.78 Å². The number of unbranched alkanes of at least 4 members (excludes halogenated alkanes) is 1. The zero-order valence-electron chi connectivity index (χ0n) is 19.0. The number of hydrogen-bond donors (Lipinski definition) is 0. The lowest BCUT2D eigenvalue weighted by Crippen LogP contribution is -2.17. The first kappa shape index (κ1) is 27.2. The number of ketones is 1. The SMILES string of the molecule is CCCCC(CCC(C)COc1c(Cl)cc(Cl)cc1Cl)C(=O)c1sc(-c2cccnc2)nc1Cl. The molecule has 3 aromatic rings. The maximum Gasteiger partial charge on any atom is 0.179 e. The number of ether oxygens (including phenoxy) is 1. The molecular weight excluding hydrogens is 534 g/mol. The number of aromatic nitrogens is 2. The summed E-state index contributed by atoms with van der Waals surface area (Å²) in [6, 6.07) is 6.95. The van der Waals surface area contributed by atoms with E-state index in [1.165, 1.54) is 11.3 Å². The van der Waals surface area contributed by atoms with E-state index < -0.39 is 0 Å². The Labute approximate surface area is 224 Å². The van der Waals surface area contributed by atoms with Gasteiger partial charge >= 0.3 is 0 Å². The van der Waals surface area contributed by atoms with Crippen molar-refractivity contribution < 1.29 is 9.53 Å². The van der Waals surface area contributed by atoms with Crippen molar-refractivity contribution >= 4 is 63.5 Å². The summed E-state index contributed by atoms with van der Waals surface area (Å²) in [5, 5.41) is 2.18. The minimum Gasteiger partial charge on any atom is -0.490 e. The minimum atomic E-state index is -0.121. The second-order valence-corrected chi connectivity index (χ2v) is 10.9. The van der Waals surface area contributed by atoms with Gasteiger partial charge in [-0.15, -0.1) is 11.3 Å². The van der Waals surface area contributed by atoms with Crippen LogP contribution in [0.4, 0.5) is 0 Å². The highest BCUT2D eigenvalue weighted by Crippen LogP contribution is 2.37. The van der Waals surface area contributed by atoms with Gasteiger partial charge in [-0.1, -0.05) is 73.1 Å². The van der Waals surface area contributed by atoms with Crippen molar-refractivity contribution in [2.75, 3.05) is 6.61 Å². The van der Waals surface area contributed by atoms with Crippen molar-refractivity contribution in [2.45, 2.75) is 46.0 Å². The van der Waals surface area contributed by atoms with Crippen LogP contribution in [0.2, 0.25) is 20.2 Å². The van der Waals surface area contributed by atoms with Crippen LogP contribution >= 0.6 is 57.7 Å². The summed E-state index contributed by atoms with van der Waals surface area (Å²) in [7, 11) is 0. The van der Waals surface area contributed by atoms with E-state index in [1.807, 2.05) is 12.1 Å². The molecule has 182 valence electrons. The number of carbonyl (C=O) groups excluding carboxylic acids is 1. The zero-order valence-corrected chi connectivity index (χ0v) is 22.8. The average Bonchev–Trinajstić information content (AvgIpc) is 3.20. The third-order valence-electron chi connectivity index (χ3n) is 5.48. The van der Waals surface area contributed by atoms with Crippen LogP contribution in [0.25, 0.3) is 10.6 Å². The number of hydrogen-bond acceptors (Lipinski definition) is 5. The van der Waals surface area contributed by atoms with Gasteiger partial charge in [0.2, 0.25) is 0 Å². The van der Waals surface area contributed by atoms with Crippen molar-refractivity contribution in [1.82, 2.24) is 9.97 Å². The van der Waals surface area contributed by atoms with Gasteiger partial charge in [0.1, 0.15) is 9.88 Å². The van der Waals surface area contributed by atoms with Crippen molar-refractivity contribution in [2.24, 2.45) is 11.8 Å². The lowest BCUT2D eigenvalue weighted by Gasteiger charge is -2.19. The Morgan fingerprint density at radius 2 is 1.85 bits per heavy atom. The fourth-order valence-electron chi connectivity index (χ4n) is 3.57. The average molecular weight is 560 g/mol. The summed E-state index contributed by atoms with van der Waals surface area (Å²) >= 11 is 26.1. The molecule has 2 unspecified atom stereocenters. The summed E-state index contributed by atoms with van der Waals surface area (Å²) < 4.78 is 5.87. The van der Waals surface area contributed by atoms with Crippen LogP contribution in [-0.4, -0.2) is 22.4 Å². The van der Waals surface area contributed by atoms with Gasteiger partial charge in [0.05, 0.1) is 16.7 Å². The number of thiazole rings is 1. The monoisotopic (exact) mass is 558 g/mol. The molecule has 2 atom stereocenters. The molecule has 0 N–H and O–H groups in total. The van der Waals surface area contributed by atoms with E-state index >= 15 is 0 Å². The van der Waals surface area contributed by atoms with Gasteiger partial charge in [-0.2, -0.15) is 0 Å². The first-order chi connectivity index (χ1) is 16.3. The molecular formula is C25H26Cl4N2O2S. The Bertz CT molecular complexity index is 1080. The summed E-state index contributed by atoms with van der Waals surface area (Å²) in [5.41, 5.74) is 0.851.